The molecule has 1 atom stereocenters. The van der Waals surface area contributed by atoms with E-state index in [1.165, 1.54) is 0 Å². The van der Waals surface area contributed by atoms with Gasteiger partial charge in [0.25, 0.3) is 0 Å². The fraction of sp³-hybridized carbons (Fsp3) is 0.471. The molecule has 1 aliphatic rings. The minimum absolute atomic E-state index is 0.0741. The summed E-state index contributed by atoms with van der Waals surface area (Å²) >= 11 is 1.58. The fourth-order valence-corrected chi connectivity index (χ4v) is 3.97. The maximum Gasteiger partial charge on any atom is 0.326 e. The van der Waals surface area contributed by atoms with Crippen molar-refractivity contribution in [1.29, 1.82) is 0 Å². The molecule has 1 aromatic carbocycles. The van der Waals surface area contributed by atoms with Crippen LogP contribution < -0.4 is 5.32 Å². The molecule has 2 aromatic rings. The van der Waals surface area contributed by atoms with Crippen molar-refractivity contribution in [3.63, 3.8) is 0 Å². The molecular formula is C17H20N2O3S. The molecular weight excluding hydrogens is 312 g/mol. The van der Waals surface area contributed by atoms with E-state index in [1.54, 1.807) is 16.8 Å². The summed E-state index contributed by atoms with van der Waals surface area (Å²) in [6.45, 7) is 0. The van der Waals surface area contributed by atoms with E-state index in [9.17, 15) is 14.7 Å². The Morgan fingerprint density at radius 3 is 2.87 bits per heavy atom. The molecule has 23 heavy (non-hydrogen) atoms. The molecule has 0 unspecified atom stereocenters. The summed E-state index contributed by atoms with van der Waals surface area (Å²) in [6.07, 6.45) is 4.80. The van der Waals surface area contributed by atoms with Crippen LogP contribution in [0.15, 0.2) is 23.7 Å². The van der Waals surface area contributed by atoms with E-state index >= 15 is 0 Å². The van der Waals surface area contributed by atoms with Crippen molar-refractivity contribution >= 4 is 33.4 Å². The summed E-state index contributed by atoms with van der Waals surface area (Å²) in [7, 11) is 0. The highest BCUT2D eigenvalue weighted by molar-refractivity contribution is 7.16. The number of nitrogens with one attached hydrogen (secondary N) is 1. The summed E-state index contributed by atoms with van der Waals surface area (Å²) in [5.41, 5.74) is 3.85. The normalized spacial score (nSPS) is 16.5. The van der Waals surface area contributed by atoms with E-state index in [2.05, 4.69) is 10.3 Å². The number of fused-ring (bicyclic) bond motifs is 1. The lowest BCUT2D eigenvalue weighted by molar-refractivity contribution is -0.143. The van der Waals surface area contributed by atoms with E-state index < -0.39 is 12.0 Å². The first-order valence-corrected chi connectivity index (χ1v) is 8.86. The molecule has 1 fully saturated rings. The molecule has 0 radical (unpaired) electrons. The topological polar surface area (TPSA) is 79.3 Å². The molecule has 1 saturated carbocycles. The number of carbonyl (C=O) groups is 2. The maximum atomic E-state index is 12.1. The SMILES string of the molecule is O=C(CCc1ccc2ncsc2c1)N[C@H](C(=O)O)C1CCCC1. The van der Waals surface area contributed by atoms with Crippen LogP contribution in [0.2, 0.25) is 0 Å². The average molecular weight is 332 g/mol. The standard InChI is InChI=1S/C17H20N2O3S/c20-15(19-16(17(21)22)12-3-1-2-4-12)8-6-11-5-7-13-14(9-11)23-10-18-13/h5,7,9-10,12,16H,1-4,6,8H2,(H,19,20)(H,21,22)/t16-/m0/s1. The number of benzene rings is 1. The van der Waals surface area contributed by atoms with E-state index in [0.29, 0.717) is 12.8 Å². The molecule has 1 aromatic heterocycles. The Kier molecular flexibility index (Phi) is 4.91. The van der Waals surface area contributed by atoms with Crippen molar-refractivity contribution in [3.8, 4) is 0 Å². The van der Waals surface area contributed by atoms with Crippen molar-refractivity contribution in [2.45, 2.75) is 44.6 Å². The Balaban J connectivity index is 1.56. The lowest BCUT2D eigenvalue weighted by atomic mass is 9.98. The molecule has 3 rings (SSSR count). The highest BCUT2D eigenvalue weighted by Crippen LogP contribution is 2.28. The first kappa shape index (κ1) is 15.9. The predicted octanol–water partition coefficient (Wildman–Crippen LogP) is 2.99. The van der Waals surface area contributed by atoms with Crippen molar-refractivity contribution in [1.82, 2.24) is 10.3 Å². The number of carbonyl (C=O) groups excluding carboxylic acids is 1. The molecule has 5 nitrogen and oxygen atoms in total. The van der Waals surface area contributed by atoms with Gasteiger partial charge in [-0.25, -0.2) is 9.78 Å². The molecule has 0 saturated heterocycles. The average Bonchev–Trinajstić information content (AvgIpc) is 3.20. The van der Waals surface area contributed by atoms with Crippen LogP contribution in [0.3, 0.4) is 0 Å². The number of thiazole rings is 1. The van der Waals surface area contributed by atoms with Crippen LogP contribution >= 0.6 is 11.3 Å². The lowest BCUT2D eigenvalue weighted by Gasteiger charge is -2.20. The van der Waals surface area contributed by atoms with Gasteiger partial charge in [-0.2, -0.15) is 0 Å². The van der Waals surface area contributed by atoms with Crippen molar-refractivity contribution in [2.75, 3.05) is 0 Å². The van der Waals surface area contributed by atoms with E-state index in [1.807, 2.05) is 18.2 Å². The third-order valence-corrected chi connectivity index (χ3v) is 5.28. The second-order valence-corrected chi connectivity index (χ2v) is 6.97. The summed E-state index contributed by atoms with van der Waals surface area (Å²) in [5, 5.41) is 12.1. The van der Waals surface area contributed by atoms with E-state index in [-0.39, 0.29) is 11.8 Å². The summed E-state index contributed by atoms with van der Waals surface area (Å²) in [6, 6.07) is 5.24. The number of hydrogen-bond donors (Lipinski definition) is 2. The zero-order valence-corrected chi connectivity index (χ0v) is 13.6. The monoisotopic (exact) mass is 332 g/mol. The minimum Gasteiger partial charge on any atom is -0.480 e. The first-order valence-electron chi connectivity index (χ1n) is 7.98. The highest BCUT2D eigenvalue weighted by Gasteiger charge is 2.31. The quantitative estimate of drug-likeness (QED) is 0.852. The molecule has 1 heterocycles. The summed E-state index contributed by atoms with van der Waals surface area (Å²) in [4.78, 5) is 27.7. The van der Waals surface area contributed by atoms with Crippen molar-refractivity contribution < 1.29 is 14.7 Å². The lowest BCUT2D eigenvalue weighted by Crippen LogP contribution is -2.45. The molecule has 6 heteroatoms. The van der Waals surface area contributed by atoms with Crippen LogP contribution in [0.25, 0.3) is 10.2 Å². The molecule has 1 amide bonds. The van der Waals surface area contributed by atoms with Gasteiger partial charge in [0.1, 0.15) is 6.04 Å². The zero-order valence-electron chi connectivity index (χ0n) is 12.8. The highest BCUT2D eigenvalue weighted by atomic mass is 32.1. The maximum absolute atomic E-state index is 12.1. The number of aliphatic carboxylic acids is 1. The largest absolute Gasteiger partial charge is 0.480 e. The predicted molar refractivity (Wildman–Crippen MR) is 89.5 cm³/mol. The molecule has 0 spiro atoms. The van der Waals surface area contributed by atoms with Crippen LogP contribution in [0.5, 0.6) is 0 Å². The van der Waals surface area contributed by atoms with E-state index in [4.69, 9.17) is 0 Å². The third-order valence-electron chi connectivity index (χ3n) is 4.49. The van der Waals surface area contributed by atoms with Crippen LogP contribution in [0, 0.1) is 5.92 Å². The second-order valence-electron chi connectivity index (χ2n) is 6.08. The van der Waals surface area contributed by atoms with E-state index in [0.717, 1.165) is 41.5 Å². The Hall–Kier alpha value is -1.95. The van der Waals surface area contributed by atoms with Gasteiger partial charge in [-0.15, -0.1) is 11.3 Å². The van der Waals surface area contributed by atoms with Gasteiger partial charge in [-0.3, -0.25) is 4.79 Å². The van der Waals surface area contributed by atoms with Gasteiger partial charge in [0.15, 0.2) is 0 Å². The fourth-order valence-electron chi connectivity index (χ4n) is 3.23. The Morgan fingerprint density at radius 2 is 2.13 bits per heavy atom. The number of carboxylic acid groups (broad SMARTS) is 1. The molecule has 122 valence electrons. The molecule has 2 N–H and O–H groups in total. The summed E-state index contributed by atoms with van der Waals surface area (Å²) in [5.74, 6) is -1.03. The van der Waals surface area contributed by atoms with Crippen LogP contribution in [0.4, 0.5) is 0 Å². The molecule has 0 bridgehead atoms. The number of nitrogens with zero attached hydrogens (tertiary/aromatic N) is 1. The van der Waals surface area contributed by atoms with Crippen molar-refractivity contribution in [2.24, 2.45) is 5.92 Å². The minimum atomic E-state index is -0.920. The van der Waals surface area contributed by atoms with Gasteiger partial charge in [0.2, 0.25) is 5.91 Å². The smallest absolute Gasteiger partial charge is 0.326 e. The Morgan fingerprint density at radius 1 is 1.35 bits per heavy atom. The number of aromatic nitrogens is 1. The van der Waals surface area contributed by atoms with Crippen LogP contribution in [-0.2, 0) is 16.0 Å². The van der Waals surface area contributed by atoms with Crippen LogP contribution in [0.1, 0.15) is 37.7 Å². The van der Waals surface area contributed by atoms with Gasteiger partial charge in [-0.05, 0) is 42.9 Å². The Labute approximate surface area is 138 Å². The van der Waals surface area contributed by atoms with Gasteiger partial charge in [0.05, 0.1) is 15.7 Å². The van der Waals surface area contributed by atoms with Crippen LogP contribution in [-0.4, -0.2) is 28.0 Å². The Bertz CT molecular complexity index is 707. The van der Waals surface area contributed by atoms with Gasteiger partial charge in [0, 0.05) is 6.42 Å². The number of carboxylic acids is 1. The second kappa shape index (κ2) is 7.08. The number of amides is 1. The zero-order chi connectivity index (χ0) is 16.2. The van der Waals surface area contributed by atoms with Gasteiger partial charge < -0.3 is 10.4 Å². The molecule has 1 aliphatic carbocycles. The first-order chi connectivity index (χ1) is 11.1. The summed E-state index contributed by atoms with van der Waals surface area (Å²) < 4.78 is 1.11. The van der Waals surface area contributed by atoms with Gasteiger partial charge in [-0.1, -0.05) is 18.9 Å². The van der Waals surface area contributed by atoms with Gasteiger partial charge >= 0.3 is 5.97 Å². The molecule has 0 aliphatic heterocycles. The number of hydrogen-bond acceptors (Lipinski definition) is 4. The number of aryl methyl sites for hydroxylation is 1. The number of rotatable bonds is 6. The van der Waals surface area contributed by atoms with Crippen molar-refractivity contribution in [3.05, 3.63) is 29.3 Å². The third kappa shape index (κ3) is 3.88.